The van der Waals surface area contributed by atoms with Crippen LogP contribution >= 0.6 is 0 Å². The number of esters is 1. The second-order valence-corrected chi connectivity index (χ2v) is 8.92. The summed E-state index contributed by atoms with van der Waals surface area (Å²) in [5.41, 5.74) is -0.745. The van der Waals surface area contributed by atoms with Crippen LogP contribution in [0.2, 0.25) is 0 Å². The van der Waals surface area contributed by atoms with Gasteiger partial charge >= 0.3 is 11.9 Å². The summed E-state index contributed by atoms with van der Waals surface area (Å²) in [6.45, 7) is 11.1. The molecule has 2 radical (unpaired) electrons. The summed E-state index contributed by atoms with van der Waals surface area (Å²) in [5.74, 6) is -1.74. The van der Waals surface area contributed by atoms with Crippen molar-refractivity contribution in [1.29, 1.82) is 0 Å². The smallest absolute Gasteiger partial charge is 0.333 e. The zero-order chi connectivity index (χ0) is 22.9. The van der Waals surface area contributed by atoms with E-state index >= 15 is 0 Å². The molecule has 30 heavy (non-hydrogen) atoms. The van der Waals surface area contributed by atoms with E-state index < -0.39 is 29.3 Å². The van der Waals surface area contributed by atoms with Gasteiger partial charge in [0.05, 0.1) is 6.61 Å². The normalized spacial score (nSPS) is 16.7. The minimum atomic E-state index is -0.897. The maximum absolute atomic E-state index is 11.8. The summed E-state index contributed by atoms with van der Waals surface area (Å²) in [6, 6.07) is 0. The van der Waals surface area contributed by atoms with Gasteiger partial charge in [-0.3, -0.25) is 14.4 Å². The van der Waals surface area contributed by atoms with E-state index in [1.165, 1.54) is 0 Å². The third-order valence-corrected chi connectivity index (χ3v) is 5.56. The largest absolute Gasteiger partial charge is 0.466 e. The quantitative estimate of drug-likeness (QED) is 0.255. The first kappa shape index (κ1) is 26.1. The molecule has 1 unspecified atom stereocenters. The summed E-state index contributed by atoms with van der Waals surface area (Å²) in [6.07, 6.45) is 1.41. The SMILES string of the molecule is [B]C(C)(CCOC(=O)CCCC(=O)ON1C(=O)CCC1=O)OCCC(C)(C)C(C)C. The minimum absolute atomic E-state index is 0.0156. The molecule has 0 bridgehead atoms. The predicted molar refractivity (Wildman–Crippen MR) is 110 cm³/mol. The number of nitrogens with zero attached hydrogens (tertiary/aromatic N) is 1. The second-order valence-electron chi connectivity index (χ2n) is 8.92. The summed E-state index contributed by atoms with van der Waals surface area (Å²) < 4.78 is 10.9. The van der Waals surface area contributed by atoms with Gasteiger partial charge in [-0.05, 0) is 31.1 Å². The lowest BCUT2D eigenvalue weighted by atomic mass is 9.78. The molecule has 2 amide bonds. The highest BCUT2D eigenvalue weighted by Crippen LogP contribution is 2.30. The number of hydrogen-bond acceptors (Lipinski definition) is 7. The van der Waals surface area contributed by atoms with Crippen molar-refractivity contribution in [3.63, 3.8) is 0 Å². The van der Waals surface area contributed by atoms with Gasteiger partial charge in [0.15, 0.2) is 0 Å². The first-order chi connectivity index (χ1) is 13.8. The molecule has 1 fully saturated rings. The fraction of sp³-hybridized carbons (Fsp3) is 0.810. The van der Waals surface area contributed by atoms with Crippen molar-refractivity contribution in [3.05, 3.63) is 0 Å². The molecule has 1 aliphatic heterocycles. The predicted octanol–water partition coefficient (Wildman–Crippen LogP) is 2.67. The monoisotopic (exact) mass is 423 g/mol. The van der Waals surface area contributed by atoms with Gasteiger partial charge < -0.3 is 14.3 Å². The lowest BCUT2D eigenvalue weighted by Crippen LogP contribution is -2.33. The zero-order valence-electron chi connectivity index (χ0n) is 18.8. The van der Waals surface area contributed by atoms with Gasteiger partial charge in [0.2, 0.25) is 0 Å². The molecule has 8 nitrogen and oxygen atoms in total. The maximum Gasteiger partial charge on any atom is 0.333 e. The number of rotatable bonds is 13. The van der Waals surface area contributed by atoms with Crippen LogP contribution in [0.4, 0.5) is 0 Å². The number of amides is 2. The van der Waals surface area contributed by atoms with Gasteiger partial charge in [-0.15, -0.1) is 5.06 Å². The Morgan fingerprint density at radius 3 is 2.13 bits per heavy atom. The zero-order valence-corrected chi connectivity index (χ0v) is 18.8. The number of imide groups is 1. The van der Waals surface area contributed by atoms with E-state index in [1.54, 1.807) is 6.92 Å². The highest BCUT2D eigenvalue weighted by molar-refractivity contribution is 6.14. The fourth-order valence-electron chi connectivity index (χ4n) is 2.53. The first-order valence-corrected chi connectivity index (χ1v) is 10.5. The van der Waals surface area contributed by atoms with Crippen molar-refractivity contribution in [1.82, 2.24) is 5.06 Å². The lowest BCUT2D eigenvalue weighted by Gasteiger charge is -2.32. The van der Waals surface area contributed by atoms with Crippen molar-refractivity contribution in [2.24, 2.45) is 11.3 Å². The van der Waals surface area contributed by atoms with Crippen LogP contribution in [0.15, 0.2) is 0 Å². The van der Waals surface area contributed by atoms with E-state index in [-0.39, 0.29) is 44.1 Å². The average molecular weight is 423 g/mol. The molecule has 168 valence electrons. The molecule has 0 aromatic heterocycles. The van der Waals surface area contributed by atoms with E-state index in [4.69, 9.17) is 22.2 Å². The minimum Gasteiger partial charge on any atom is -0.466 e. The van der Waals surface area contributed by atoms with Crippen LogP contribution in [0.1, 0.15) is 79.6 Å². The summed E-state index contributed by atoms with van der Waals surface area (Å²) in [7, 11) is 6.11. The van der Waals surface area contributed by atoms with Crippen molar-refractivity contribution in [3.8, 4) is 0 Å². The van der Waals surface area contributed by atoms with Crippen LogP contribution < -0.4 is 0 Å². The molecule has 1 rings (SSSR count). The van der Waals surface area contributed by atoms with Crippen LogP contribution in [0.25, 0.3) is 0 Å². The molecular formula is C21H34BNO7. The third-order valence-electron chi connectivity index (χ3n) is 5.56. The van der Waals surface area contributed by atoms with Crippen LogP contribution in [-0.2, 0) is 33.5 Å². The number of hydrogen-bond donors (Lipinski definition) is 0. The Hall–Kier alpha value is -1.90. The van der Waals surface area contributed by atoms with Crippen LogP contribution in [0.3, 0.4) is 0 Å². The van der Waals surface area contributed by atoms with Crippen molar-refractivity contribution in [2.45, 2.75) is 85.1 Å². The Morgan fingerprint density at radius 1 is 1.00 bits per heavy atom. The molecular weight excluding hydrogens is 389 g/mol. The van der Waals surface area contributed by atoms with Crippen molar-refractivity contribution in [2.75, 3.05) is 13.2 Å². The maximum atomic E-state index is 11.8. The van der Waals surface area contributed by atoms with Gasteiger partial charge in [0.25, 0.3) is 11.8 Å². The van der Waals surface area contributed by atoms with Crippen LogP contribution in [-0.4, -0.2) is 55.4 Å². The highest BCUT2D eigenvalue weighted by Gasteiger charge is 2.32. The van der Waals surface area contributed by atoms with Gasteiger partial charge in [0.1, 0.15) is 7.85 Å². The van der Waals surface area contributed by atoms with Crippen molar-refractivity contribution < 1.29 is 33.5 Å². The van der Waals surface area contributed by atoms with Gasteiger partial charge in [-0.25, -0.2) is 4.79 Å². The number of carbonyl (C=O) groups excluding carboxylic acids is 4. The molecule has 1 atom stereocenters. The Labute approximate surface area is 180 Å². The summed E-state index contributed by atoms with van der Waals surface area (Å²) in [5, 5.41) is 0.491. The third kappa shape index (κ3) is 9.28. The van der Waals surface area contributed by atoms with E-state index in [2.05, 4.69) is 27.7 Å². The first-order valence-electron chi connectivity index (χ1n) is 10.5. The van der Waals surface area contributed by atoms with Gasteiger partial charge in [-0.2, -0.15) is 0 Å². The molecule has 0 aliphatic carbocycles. The molecule has 0 aromatic rings. The Kier molecular flexibility index (Phi) is 10.0. The molecule has 0 N–H and O–H groups in total. The van der Waals surface area contributed by atoms with Gasteiger partial charge in [0, 0.05) is 44.2 Å². The summed E-state index contributed by atoms with van der Waals surface area (Å²) >= 11 is 0. The average Bonchev–Trinajstić information content (AvgIpc) is 2.93. The van der Waals surface area contributed by atoms with Crippen LogP contribution in [0, 0.1) is 11.3 Å². The fourth-order valence-corrected chi connectivity index (χ4v) is 2.53. The number of carbonyl (C=O) groups is 4. The second kappa shape index (κ2) is 11.5. The van der Waals surface area contributed by atoms with E-state index in [0.717, 1.165) is 6.42 Å². The Bertz CT molecular complexity index is 615. The standard InChI is InChI=1S/C21H34BNO7/c1-15(2)20(3,4)11-14-29-21(5,22)12-13-28-18(26)7-6-8-19(27)30-23-16(24)9-10-17(23)25/h15H,6-14H2,1-5H3. The molecule has 9 heteroatoms. The highest BCUT2D eigenvalue weighted by atomic mass is 16.7. The van der Waals surface area contributed by atoms with Gasteiger partial charge in [-0.1, -0.05) is 27.7 Å². The molecule has 1 aliphatic rings. The molecule has 1 heterocycles. The summed E-state index contributed by atoms with van der Waals surface area (Å²) in [4.78, 5) is 51.0. The van der Waals surface area contributed by atoms with E-state index in [9.17, 15) is 19.2 Å². The molecule has 0 aromatic carbocycles. The van der Waals surface area contributed by atoms with Crippen molar-refractivity contribution >= 4 is 31.6 Å². The molecule has 0 saturated carbocycles. The number of hydroxylamine groups is 2. The number of ether oxygens (including phenoxy) is 2. The van der Waals surface area contributed by atoms with E-state index in [0.29, 0.717) is 24.0 Å². The topological polar surface area (TPSA) is 99.2 Å². The lowest BCUT2D eigenvalue weighted by molar-refractivity contribution is -0.197. The molecule has 0 spiro atoms. The molecule has 1 saturated heterocycles. The Morgan fingerprint density at radius 2 is 1.57 bits per heavy atom. The van der Waals surface area contributed by atoms with E-state index in [1.807, 2.05) is 0 Å². The Balaban J connectivity index is 2.18. The van der Waals surface area contributed by atoms with Crippen LogP contribution in [0.5, 0.6) is 0 Å².